The molecule has 0 aromatic heterocycles. The second kappa shape index (κ2) is 9.42. The number of amides is 2. The zero-order valence-electron chi connectivity index (χ0n) is 18.8. The number of benzene rings is 2. The standard InChI is InChI=1S/C25H30N2O5/c1-15(13-21(28)27-22(23(29)30)25(2,3)4)26-24(31)32-14-20-18-11-7-5-9-16(18)17-10-6-8-12-19(17)20/h5-12,15,20,22H,13-14H2,1-4H3,(H,26,31)(H,27,28)(H,29,30)/t15-,22+/m1/s1. The Morgan fingerprint density at radius 3 is 2.00 bits per heavy atom. The van der Waals surface area contributed by atoms with Crippen molar-refractivity contribution < 1.29 is 24.2 Å². The highest BCUT2D eigenvalue weighted by atomic mass is 16.5. The van der Waals surface area contributed by atoms with Gasteiger partial charge in [-0.3, -0.25) is 4.79 Å². The van der Waals surface area contributed by atoms with Crippen LogP contribution in [0.4, 0.5) is 4.79 Å². The maximum Gasteiger partial charge on any atom is 0.407 e. The van der Waals surface area contributed by atoms with Crippen molar-refractivity contribution in [2.45, 2.75) is 52.1 Å². The van der Waals surface area contributed by atoms with Crippen LogP contribution in [0.3, 0.4) is 0 Å². The van der Waals surface area contributed by atoms with Crippen molar-refractivity contribution in [2.24, 2.45) is 5.41 Å². The van der Waals surface area contributed by atoms with Crippen molar-refractivity contribution in [2.75, 3.05) is 6.61 Å². The molecule has 3 rings (SSSR count). The third kappa shape index (κ3) is 5.28. The molecule has 1 aliphatic carbocycles. The number of aliphatic carboxylic acids is 1. The van der Waals surface area contributed by atoms with E-state index in [4.69, 9.17) is 4.74 Å². The van der Waals surface area contributed by atoms with Crippen LogP contribution in [0.2, 0.25) is 0 Å². The molecule has 7 heteroatoms. The van der Waals surface area contributed by atoms with E-state index >= 15 is 0 Å². The highest BCUT2D eigenvalue weighted by Crippen LogP contribution is 2.44. The van der Waals surface area contributed by atoms with Crippen LogP contribution >= 0.6 is 0 Å². The molecule has 0 saturated heterocycles. The number of carbonyl (C=O) groups is 3. The fraction of sp³-hybridized carbons (Fsp3) is 0.400. The number of hydrogen-bond acceptors (Lipinski definition) is 4. The van der Waals surface area contributed by atoms with Crippen molar-refractivity contribution in [3.05, 3.63) is 59.7 Å². The topological polar surface area (TPSA) is 105 Å². The number of ether oxygens (including phenoxy) is 1. The first-order chi connectivity index (χ1) is 15.1. The average Bonchev–Trinajstić information content (AvgIpc) is 3.03. The van der Waals surface area contributed by atoms with Crippen molar-refractivity contribution in [3.63, 3.8) is 0 Å². The molecule has 2 amide bonds. The van der Waals surface area contributed by atoms with E-state index in [-0.39, 0.29) is 18.9 Å². The summed E-state index contributed by atoms with van der Waals surface area (Å²) in [5, 5.41) is 14.5. The van der Waals surface area contributed by atoms with Gasteiger partial charge in [0.25, 0.3) is 0 Å². The van der Waals surface area contributed by atoms with Gasteiger partial charge >= 0.3 is 12.1 Å². The molecule has 32 heavy (non-hydrogen) atoms. The number of rotatable bonds is 7. The van der Waals surface area contributed by atoms with Gasteiger partial charge in [-0.05, 0) is 34.6 Å². The number of fused-ring (bicyclic) bond motifs is 3. The minimum absolute atomic E-state index is 0.0464. The van der Waals surface area contributed by atoms with Crippen molar-refractivity contribution >= 4 is 18.0 Å². The Balaban J connectivity index is 1.54. The summed E-state index contributed by atoms with van der Waals surface area (Å²) in [6.45, 7) is 7.08. The van der Waals surface area contributed by atoms with Crippen LogP contribution in [0.1, 0.15) is 51.2 Å². The Kier molecular flexibility index (Phi) is 6.87. The fourth-order valence-electron chi connectivity index (χ4n) is 4.04. The molecule has 0 fully saturated rings. The van der Waals surface area contributed by atoms with E-state index in [0.717, 1.165) is 22.3 Å². The lowest BCUT2D eigenvalue weighted by Gasteiger charge is -2.28. The Hall–Kier alpha value is -3.35. The van der Waals surface area contributed by atoms with E-state index in [0.29, 0.717) is 0 Å². The lowest BCUT2D eigenvalue weighted by molar-refractivity contribution is -0.145. The molecule has 0 radical (unpaired) electrons. The van der Waals surface area contributed by atoms with Gasteiger partial charge in [0.15, 0.2) is 0 Å². The van der Waals surface area contributed by atoms with E-state index in [2.05, 4.69) is 22.8 Å². The largest absolute Gasteiger partial charge is 0.480 e. The summed E-state index contributed by atoms with van der Waals surface area (Å²) in [4.78, 5) is 36.0. The third-order valence-electron chi connectivity index (χ3n) is 5.62. The van der Waals surface area contributed by atoms with Gasteiger partial charge in [0.05, 0.1) is 0 Å². The van der Waals surface area contributed by atoms with Gasteiger partial charge in [-0.15, -0.1) is 0 Å². The van der Waals surface area contributed by atoms with Crippen molar-refractivity contribution in [3.8, 4) is 11.1 Å². The fourth-order valence-corrected chi connectivity index (χ4v) is 4.04. The number of alkyl carbamates (subject to hydrolysis) is 1. The van der Waals surface area contributed by atoms with Gasteiger partial charge in [-0.2, -0.15) is 0 Å². The molecule has 0 saturated carbocycles. The highest BCUT2D eigenvalue weighted by Gasteiger charge is 2.33. The zero-order valence-corrected chi connectivity index (χ0v) is 18.8. The smallest absolute Gasteiger partial charge is 0.407 e. The Morgan fingerprint density at radius 2 is 1.50 bits per heavy atom. The number of nitrogens with one attached hydrogen (secondary N) is 2. The Morgan fingerprint density at radius 1 is 0.969 bits per heavy atom. The molecular formula is C25H30N2O5. The number of hydrogen-bond donors (Lipinski definition) is 3. The van der Waals surface area contributed by atoms with Gasteiger partial charge in [0, 0.05) is 18.4 Å². The molecule has 2 aromatic rings. The first kappa shape index (κ1) is 23.3. The minimum atomic E-state index is -1.09. The molecular weight excluding hydrogens is 408 g/mol. The first-order valence-corrected chi connectivity index (χ1v) is 10.7. The number of carboxylic acid groups (broad SMARTS) is 1. The van der Waals surface area contributed by atoms with Gasteiger partial charge < -0.3 is 20.5 Å². The van der Waals surface area contributed by atoms with E-state index < -0.39 is 35.5 Å². The van der Waals surface area contributed by atoms with Crippen molar-refractivity contribution in [1.29, 1.82) is 0 Å². The second-order valence-corrected chi connectivity index (χ2v) is 9.28. The van der Waals surface area contributed by atoms with Crippen LogP contribution in [0.5, 0.6) is 0 Å². The number of carbonyl (C=O) groups excluding carboxylic acids is 2. The summed E-state index contributed by atoms with van der Waals surface area (Å²) in [6.07, 6.45) is -0.665. The van der Waals surface area contributed by atoms with E-state index in [9.17, 15) is 19.5 Å². The summed E-state index contributed by atoms with van der Waals surface area (Å²) in [7, 11) is 0. The molecule has 0 bridgehead atoms. The van der Waals surface area contributed by atoms with E-state index in [1.54, 1.807) is 27.7 Å². The van der Waals surface area contributed by atoms with Gasteiger partial charge in [-0.1, -0.05) is 69.3 Å². The van der Waals surface area contributed by atoms with Crippen LogP contribution in [0.25, 0.3) is 11.1 Å². The van der Waals surface area contributed by atoms with Gasteiger partial charge in [0.1, 0.15) is 12.6 Å². The molecule has 2 atom stereocenters. The molecule has 0 spiro atoms. The van der Waals surface area contributed by atoms with Gasteiger partial charge in [0.2, 0.25) is 5.91 Å². The average molecular weight is 439 g/mol. The molecule has 0 aliphatic heterocycles. The minimum Gasteiger partial charge on any atom is -0.480 e. The summed E-state index contributed by atoms with van der Waals surface area (Å²) in [5.74, 6) is -1.59. The van der Waals surface area contributed by atoms with E-state index in [1.165, 1.54) is 0 Å². The molecule has 0 heterocycles. The quantitative estimate of drug-likeness (QED) is 0.608. The van der Waals surface area contributed by atoms with Gasteiger partial charge in [-0.25, -0.2) is 9.59 Å². The van der Waals surface area contributed by atoms with Crippen LogP contribution in [-0.4, -0.2) is 41.8 Å². The molecule has 2 aromatic carbocycles. The monoisotopic (exact) mass is 438 g/mol. The SMILES string of the molecule is C[C@H](CC(=O)N[C@@H](C(=O)O)C(C)(C)C)NC(=O)OCC1c2ccccc2-c2ccccc21. The normalized spacial score (nSPS) is 14.6. The summed E-state index contributed by atoms with van der Waals surface area (Å²) in [6, 6.07) is 14.6. The second-order valence-electron chi connectivity index (χ2n) is 9.28. The van der Waals surface area contributed by atoms with Crippen LogP contribution in [-0.2, 0) is 14.3 Å². The van der Waals surface area contributed by atoms with Crippen LogP contribution in [0, 0.1) is 5.41 Å². The predicted octanol–water partition coefficient (Wildman–Crippen LogP) is 3.92. The predicted molar refractivity (Wildman–Crippen MR) is 121 cm³/mol. The molecule has 3 N–H and O–H groups in total. The molecule has 0 unspecified atom stereocenters. The van der Waals surface area contributed by atoms with Crippen LogP contribution < -0.4 is 10.6 Å². The Bertz CT molecular complexity index is 966. The highest BCUT2D eigenvalue weighted by molar-refractivity contribution is 5.84. The lowest BCUT2D eigenvalue weighted by Crippen LogP contribution is -2.50. The summed E-state index contributed by atoms with van der Waals surface area (Å²) in [5.41, 5.74) is 3.90. The maximum absolute atomic E-state index is 12.3. The first-order valence-electron chi connectivity index (χ1n) is 10.7. The van der Waals surface area contributed by atoms with Crippen molar-refractivity contribution in [1.82, 2.24) is 10.6 Å². The summed E-state index contributed by atoms with van der Waals surface area (Å²) >= 11 is 0. The van der Waals surface area contributed by atoms with Crippen LogP contribution in [0.15, 0.2) is 48.5 Å². The molecule has 1 aliphatic rings. The van der Waals surface area contributed by atoms with E-state index in [1.807, 2.05) is 36.4 Å². The lowest BCUT2D eigenvalue weighted by atomic mass is 9.86. The third-order valence-corrected chi connectivity index (χ3v) is 5.62. The molecule has 170 valence electrons. The number of carboxylic acids is 1. The summed E-state index contributed by atoms with van der Waals surface area (Å²) < 4.78 is 5.49. The molecule has 7 nitrogen and oxygen atoms in total. The maximum atomic E-state index is 12.3. The zero-order chi connectivity index (χ0) is 23.5. The Labute approximate surface area is 188 Å².